The zero-order valence-electron chi connectivity index (χ0n) is 23.4. The van der Waals surface area contributed by atoms with Crippen molar-refractivity contribution in [1.29, 1.82) is 0 Å². The molecule has 1 N–H and O–H groups in total. The normalized spacial score (nSPS) is 13.9. The molecule has 0 spiro atoms. The van der Waals surface area contributed by atoms with Crippen LogP contribution in [0.2, 0.25) is 0 Å². The van der Waals surface area contributed by atoms with E-state index in [9.17, 15) is 0 Å². The highest BCUT2D eigenvalue weighted by atomic mass is 16.5. The maximum absolute atomic E-state index is 5.86. The van der Waals surface area contributed by atoms with Crippen LogP contribution in [0, 0.1) is 12.8 Å². The van der Waals surface area contributed by atoms with Gasteiger partial charge in [0.15, 0.2) is 0 Å². The molecule has 0 fully saturated rings. The number of aryl methyl sites for hydroxylation is 1. The van der Waals surface area contributed by atoms with Crippen LogP contribution in [0.3, 0.4) is 0 Å². The van der Waals surface area contributed by atoms with Gasteiger partial charge in [0.1, 0.15) is 0 Å². The average molecular weight is 490 g/mol. The predicted octanol–water partition coefficient (Wildman–Crippen LogP) is 7.77. The number of nitrogens with one attached hydrogen (secondary N) is 1. The highest BCUT2D eigenvalue weighted by molar-refractivity contribution is 5.95. The molecule has 3 aromatic heterocycles. The van der Waals surface area contributed by atoms with Gasteiger partial charge in [0, 0.05) is 24.1 Å². The first-order chi connectivity index (χ1) is 17.4. The molecule has 0 aliphatic heterocycles. The molecule has 0 aliphatic rings. The number of fused-ring (bicyclic) bond motifs is 1. The third-order valence-electron chi connectivity index (χ3n) is 6.88. The smallest absolute Gasteiger partial charge is 0.222 e. The third kappa shape index (κ3) is 5.80. The fourth-order valence-corrected chi connectivity index (χ4v) is 4.66. The summed E-state index contributed by atoms with van der Waals surface area (Å²) in [6.45, 7) is 18.5. The number of rotatable bonds is 12. The van der Waals surface area contributed by atoms with Gasteiger partial charge in [0.25, 0.3) is 0 Å². The molecule has 2 unspecified atom stereocenters. The first-order valence-corrected chi connectivity index (χ1v) is 13.5. The highest BCUT2D eigenvalue weighted by Gasteiger charge is 2.22. The van der Waals surface area contributed by atoms with E-state index in [2.05, 4.69) is 73.5 Å². The molecule has 3 aromatic rings. The molecule has 3 rings (SSSR count). The molecule has 36 heavy (non-hydrogen) atoms. The van der Waals surface area contributed by atoms with E-state index < -0.39 is 0 Å². The summed E-state index contributed by atoms with van der Waals surface area (Å²) in [4.78, 5) is 14.3. The van der Waals surface area contributed by atoms with Crippen LogP contribution < -0.4 is 10.1 Å². The molecular formula is C30H43N5O. The zero-order chi connectivity index (χ0) is 26.2. The second-order valence-corrected chi connectivity index (χ2v) is 9.38. The van der Waals surface area contributed by atoms with Crippen molar-refractivity contribution in [1.82, 2.24) is 14.5 Å². The standard InChI is InChI=1S/C30H43N5O/c1-9-20(6)17-23(31-12-4)19-33-26-18-25(24-15-14-16-32-30(24)36-13-5)34-28-22(8)27(11-3)35(29(26)28)21(7)10-2/h12,14-18,20-21H,9-11,13,19H2,1-8H3,(H,33,34)/b23-17-,31-12-. The second kappa shape index (κ2) is 12.7. The minimum absolute atomic E-state index is 0.366. The van der Waals surface area contributed by atoms with Crippen molar-refractivity contribution in [2.45, 2.75) is 80.7 Å². The van der Waals surface area contributed by atoms with Crippen molar-refractivity contribution in [3.05, 3.63) is 47.4 Å². The van der Waals surface area contributed by atoms with E-state index in [1.807, 2.05) is 32.2 Å². The molecule has 0 bridgehead atoms. The van der Waals surface area contributed by atoms with Gasteiger partial charge in [0.05, 0.1) is 46.8 Å². The molecule has 0 aliphatic carbocycles. The van der Waals surface area contributed by atoms with E-state index in [4.69, 9.17) is 9.72 Å². The molecule has 0 aromatic carbocycles. The first kappa shape index (κ1) is 27.4. The number of hydrogen-bond donors (Lipinski definition) is 1. The summed E-state index contributed by atoms with van der Waals surface area (Å²) >= 11 is 0. The molecule has 6 heteroatoms. The van der Waals surface area contributed by atoms with Gasteiger partial charge in [-0.15, -0.1) is 0 Å². The molecule has 3 heterocycles. The van der Waals surface area contributed by atoms with E-state index in [1.54, 1.807) is 6.20 Å². The van der Waals surface area contributed by atoms with Gasteiger partial charge in [-0.05, 0) is 70.2 Å². The summed E-state index contributed by atoms with van der Waals surface area (Å²) in [5.74, 6) is 1.08. The van der Waals surface area contributed by atoms with E-state index in [0.29, 0.717) is 31.0 Å². The predicted molar refractivity (Wildman–Crippen MR) is 153 cm³/mol. The molecule has 0 saturated heterocycles. The van der Waals surface area contributed by atoms with Crippen LogP contribution in [0.1, 0.15) is 78.6 Å². The summed E-state index contributed by atoms with van der Waals surface area (Å²) in [5, 5.41) is 3.74. The number of aromatic nitrogens is 3. The van der Waals surface area contributed by atoms with Gasteiger partial charge in [-0.3, -0.25) is 4.99 Å². The Labute approximate surface area is 216 Å². The molecule has 6 nitrogen and oxygen atoms in total. The summed E-state index contributed by atoms with van der Waals surface area (Å²) in [6, 6.07) is 6.49. The number of nitrogens with zero attached hydrogens (tertiary/aromatic N) is 4. The van der Waals surface area contributed by atoms with Gasteiger partial charge < -0.3 is 14.6 Å². The number of aliphatic imine (C=N–C) groups is 1. The molecule has 0 radical (unpaired) electrons. The Bertz CT molecular complexity index is 1220. The lowest BCUT2D eigenvalue weighted by atomic mass is 10.1. The Morgan fingerprint density at radius 1 is 1.19 bits per heavy atom. The van der Waals surface area contributed by atoms with Crippen LogP contribution in [-0.4, -0.2) is 33.9 Å². The Balaban J connectivity index is 2.26. The topological polar surface area (TPSA) is 64.3 Å². The Kier molecular flexibility index (Phi) is 9.68. The van der Waals surface area contributed by atoms with Crippen molar-refractivity contribution >= 4 is 22.9 Å². The zero-order valence-corrected chi connectivity index (χ0v) is 23.4. The molecule has 194 valence electrons. The lowest BCUT2D eigenvalue weighted by molar-refractivity contribution is 0.328. The van der Waals surface area contributed by atoms with Crippen LogP contribution in [0.15, 0.2) is 41.2 Å². The van der Waals surface area contributed by atoms with Crippen LogP contribution in [0.5, 0.6) is 5.88 Å². The number of anilines is 1. The van der Waals surface area contributed by atoms with Gasteiger partial charge in [0.2, 0.25) is 5.88 Å². The Morgan fingerprint density at radius 3 is 2.61 bits per heavy atom. The van der Waals surface area contributed by atoms with Crippen LogP contribution in [0.25, 0.3) is 22.3 Å². The average Bonchev–Trinajstić information content (AvgIpc) is 3.18. The first-order valence-electron chi connectivity index (χ1n) is 13.5. The van der Waals surface area contributed by atoms with Crippen molar-refractivity contribution in [2.75, 3.05) is 18.5 Å². The maximum Gasteiger partial charge on any atom is 0.222 e. The number of allylic oxidation sites excluding steroid dienone is 1. The van der Waals surface area contributed by atoms with Crippen molar-refractivity contribution in [3.63, 3.8) is 0 Å². The summed E-state index contributed by atoms with van der Waals surface area (Å²) < 4.78 is 8.34. The lowest BCUT2D eigenvalue weighted by Crippen LogP contribution is -2.11. The second-order valence-electron chi connectivity index (χ2n) is 9.38. The largest absolute Gasteiger partial charge is 0.477 e. The molecular weight excluding hydrogens is 446 g/mol. The van der Waals surface area contributed by atoms with E-state index in [1.165, 1.54) is 11.3 Å². The summed E-state index contributed by atoms with van der Waals surface area (Å²) in [5.41, 5.74) is 8.64. The van der Waals surface area contributed by atoms with Crippen LogP contribution >= 0.6 is 0 Å². The summed E-state index contributed by atoms with van der Waals surface area (Å²) in [7, 11) is 0. The van der Waals surface area contributed by atoms with E-state index in [0.717, 1.165) is 52.9 Å². The van der Waals surface area contributed by atoms with Crippen LogP contribution in [-0.2, 0) is 6.42 Å². The minimum atomic E-state index is 0.366. The molecule has 0 saturated carbocycles. The van der Waals surface area contributed by atoms with E-state index in [-0.39, 0.29) is 0 Å². The van der Waals surface area contributed by atoms with Gasteiger partial charge in [-0.2, -0.15) is 0 Å². The van der Waals surface area contributed by atoms with Gasteiger partial charge in [-0.1, -0.05) is 40.2 Å². The maximum atomic E-state index is 5.86. The summed E-state index contributed by atoms with van der Waals surface area (Å²) in [6.07, 6.45) is 8.99. The number of hydrogen-bond acceptors (Lipinski definition) is 5. The molecule has 2 atom stereocenters. The number of pyridine rings is 2. The number of ether oxygens (including phenoxy) is 1. The van der Waals surface area contributed by atoms with Gasteiger partial charge >= 0.3 is 0 Å². The van der Waals surface area contributed by atoms with Crippen molar-refractivity contribution < 1.29 is 4.74 Å². The minimum Gasteiger partial charge on any atom is -0.477 e. The quantitative estimate of drug-likeness (QED) is 0.264. The van der Waals surface area contributed by atoms with Crippen LogP contribution in [0.4, 0.5) is 5.69 Å². The van der Waals surface area contributed by atoms with E-state index >= 15 is 0 Å². The van der Waals surface area contributed by atoms with Gasteiger partial charge in [-0.25, -0.2) is 9.97 Å². The monoisotopic (exact) mass is 489 g/mol. The third-order valence-corrected chi connectivity index (χ3v) is 6.88. The Hall–Kier alpha value is -3.15. The highest BCUT2D eigenvalue weighted by Crippen LogP contribution is 2.38. The SMILES string of the molecule is C/C=N\C(=C/C(C)CC)CNc1cc(-c2cccnc2OCC)nc2c(C)c(CC)n(C(C)CC)c12. The fraction of sp³-hybridized carbons (Fsp3) is 0.500. The fourth-order valence-electron chi connectivity index (χ4n) is 4.66. The van der Waals surface area contributed by atoms with Crippen molar-refractivity contribution in [2.24, 2.45) is 10.9 Å². The molecule has 0 amide bonds. The Morgan fingerprint density at radius 2 is 1.97 bits per heavy atom. The van der Waals surface area contributed by atoms with Crippen molar-refractivity contribution in [3.8, 4) is 17.1 Å². The lowest BCUT2D eigenvalue weighted by Gasteiger charge is -2.20.